The number of hydrogen-bond donors (Lipinski definition) is 2. The van der Waals surface area contributed by atoms with E-state index in [2.05, 4.69) is 15.7 Å². The van der Waals surface area contributed by atoms with E-state index in [-0.39, 0.29) is 45.9 Å². The van der Waals surface area contributed by atoms with E-state index in [1.807, 2.05) is 0 Å². The Morgan fingerprint density at radius 2 is 1.84 bits per heavy atom. The second-order valence-electron chi connectivity index (χ2n) is 9.56. The highest BCUT2D eigenvalue weighted by Crippen LogP contribution is 2.20. The van der Waals surface area contributed by atoms with Crippen LogP contribution in [0.4, 0.5) is 10.1 Å². The fourth-order valence-electron chi connectivity index (χ4n) is 4.82. The fourth-order valence-corrected chi connectivity index (χ4v) is 4.82. The third kappa shape index (κ3) is 4.52. The van der Waals surface area contributed by atoms with Gasteiger partial charge in [0, 0.05) is 17.6 Å². The molecule has 10 nitrogen and oxygen atoms in total. The number of fused-ring (bicyclic) bond motifs is 3. The largest absolute Gasteiger partial charge is 0.352 e. The Balaban J connectivity index is 1.59. The first-order valence-electron chi connectivity index (χ1n) is 12.3. The summed E-state index contributed by atoms with van der Waals surface area (Å²) in [5.41, 5.74) is -0.507. The summed E-state index contributed by atoms with van der Waals surface area (Å²) in [6, 6.07) is 10.1. The van der Waals surface area contributed by atoms with Crippen molar-refractivity contribution in [1.29, 1.82) is 0 Å². The molecule has 192 valence electrons. The number of anilines is 1. The first kappa shape index (κ1) is 24.4. The third-order valence-corrected chi connectivity index (χ3v) is 6.64. The van der Waals surface area contributed by atoms with Gasteiger partial charge in [0.2, 0.25) is 11.7 Å². The van der Waals surface area contributed by atoms with Crippen LogP contribution in [0.2, 0.25) is 0 Å². The van der Waals surface area contributed by atoms with Gasteiger partial charge in [0.1, 0.15) is 12.4 Å². The lowest BCUT2D eigenvalue weighted by molar-refractivity contribution is -0.117. The number of amides is 2. The topological polar surface area (TPSA) is 120 Å². The molecule has 1 aliphatic rings. The zero-order chi connectivity index (χ0) is 26.3. The van der Waals surface area contributed by atoms with Gasteiger partial charge in [-0.2, -0.15) is 0 Å². The molecule has 37 heavy (non-hydrogen) atoms. The summed E-state index contributed by atoms with van der Waals surface area (Å²) >= 11 is 0. The number of rotatable bonds is 6. The lowest BCUT2D eigenvalue weighted by Gasteiger charge is -2.14. The first-order chi connectivity index (χ1) is 17.7. The zero-order valence-electron chi connectivity index (χ0n) is 20.5. The number of aromatic nitrogens is 4. The van der Waals surface area contributed by atoms with Gasteiger partial charge in [0.05, 0.1) is 16.6 Å². The summed E-state index contributed by atoms with van der Waals surface area (Å²) in [6.45, 7) is 3.07. The van der Waals surface area contributed by atoms with Crippen molar-refractivity contribution in [2.24, 2.45) is 0 Å². The minimum Gasteiger partial charge on any atom is -0.349 e. The monoisotopic (exact) mass is 506 g/mol. The van der Waals surface area contributed by atoms with Crippen LogP contribution in [-0.4, -0.2) is 36.6 Å². The van der Waals surface area contributed by atoms with Crippen LogP contribution in [0.1, 0.15) is 55.9 Å². The molecule has 0 saturated heterocycles. The molecule has 4 aromatic rings. The minimum absolute atomic E-state index is 0.0215. The summed E-state index contributed by atoms with van der Waals surface area (Å²) in [5.74, 6) is -1.50. The van der Waals surface area contributed by atoms with Crippen LogP contribution >= 0.6 is 0 Å². The molecule has 2 aromatic heterocycles. The summed E-state index contributed by atoms with van der Waals surface area (Å²) < 4.78 is 17.5. The van der Waals surface area contributed by atoms with Crippen LogP contribution in [0.15, 0.2) is 52.1 Å². The van der Waals surface area contributed by atoms with Crippen molar-refractivity contribution in [1.82, 2.24) is 24.1 Å². The summed E-state index contributed by atoms with van der Waals surface area (Å²) in [7, 11) is 0. The SMILES string of the molecule is CC(C)n1c(=O)c2ccc(C(=O)NC3CCCC3)cc2n2c(=O)n(CC(=O)Nc3ccccc3F)nc12. The highest BCUT2D eigenvalue weighted by atomic mass is 19.1. The molecule has 0 radical (unpaired) electrons. The average molecular weight is 507 g/mol. The fraction of sp³-hybridized carbons (Fsp3) is 0.346. The Hall–Kier alpha value is -4.28. The van der Waals surface area contributed by atoms with Crippen LogP contribution in [0.3, 0.4) is 0 Å². The highest BCUT2D eigenvalue weighted by molar-refractivity contribution is 5.98. The van der Waals surface area contributed by atoms with Gasteiger partial charge in [-0.15, -0.1) is 5.10 Å². The van der Waals surface area contributed by atoms with E-state index in [1.165, 1.54) is 39.3 Å². The second-order valence-corrected chi connectivity index (χ2v) is 9.56. The van der Waals surface area contributed by atoms with E-state index >= 15 is 0 Å². The molecule has 2 amide bonds. The number of nitrogens with zero attached hydrogens (tertiary/aromatic N) is 4. The van der Waals surface area contributed by atoms with Gasteiger partial charge in [-0.05, 0) is 57.0 Å². The van der Waals surface area contributed by atoms with E-state index in [4.69, 9.17) is 0 Å². The number of hydrogen-bond acceptors (Lipinski definition) is 5. The van der Waals surface area contributed by atoms with E-state index in [0.29, 0.717) is 5.56 Å². The average Bonchev–Trinajstić information content (AvgIpc) is 3.48. The van der Waals surface area contributed by atoms with Crippen molar-refractivity contribution >= 4 is 34.2 Å². The number of halogens is 1. The van der Waals surface area contributed by atoms with Crippen LogP contribution < -0.4 is 21.9 Å². The number of carbonyl (C=O) groups is 2. The van der Waals surface area contributed by atoms with Crippen molar-refractivity contribution in [2.75, 3.05) is 5.32 Å². The minimum atomic E-state index is -0.661. The lowest BCUT2D eigenvalue weighted by atomic mass is 10.1. The molecule has 11 heteroatoms. The van der Waals surface area contributed by atoms with E-state index in [0.717, 1.165) is 30.4 Å². The van der Waals surface area contributed by atoms with Crippen molar-refractivity contribution in [3.8, 4) is 0 Å². The van der Waals surface area contributed by atoms with Gasteiger partial charge >= 0.3 is 5.69 Å². The Morgan fingerprint density at radius 3 is 2.54 bits per heavy atom. The molecular weight excluding hydrogens is 479 g/mol. The van der Waals surface area contributed by atoms with Crippen molar-refractivity contribution < 1.29 is 14.0 Å². The van der Waals surface area contributed by atoms with Gasteiger partial charge in [0.25, 0.3) is 11.5 Å². The molecule has 1 aliphatic carbocycles. The maximum absolute atomic E-state index is 14.0. The van der Waals surface area contributed by atoms with Crippen LogP contribution in [0.5, 0.6) is 0 Å². The molecule has 0 atom stereocenters. The van der Waals surface area contributed by atoms with Crippen molar-refractivity contribution in [3.63, 3.8) is 0 Å². The molecule has 1 fully saturated rings. The first-order valence-corrected chi connectivity index (χ1v) is 12.3. The van der Waals surface area contributed by atoms with Crippen molar-refractivity contribution in [3.05, 3.63) is 74.7 Å². The van der Waals surface area contributed by atoms with Crippen LogP contribution in [0, 0.1) is 5.82 Å². The predicted molar refractivity (Wildman–Crippen MR) is 136 cm³/mol. The normalized spacial score (nSPS) is 14.1. The van der Waals surface area contributed by atoms with E-state index < -0.39 is 24.0 Å². The van der Waals surface area contributed by atoms with Crippen molar-refractivity contribution in [2.45, 2.75) is 58.2 Å². The maximum atomic E-state index is 14.0. The molecule has 0 unspecified atom stereocenters. The standard InChI is InChI=1S/C26H27FN6O4/c1-15(2)32-24(36)18-12-11-16(23(35)28-17-7-3-4-8-17)13-21(18)33-25(32)30-31(26(33)37)14-22(34)29-20-10-6-5-9-19(20)27/h5-6,9-13,15,17H,3-4,7-8,14H2,1-2H3,(H,28,35)(H,29,34). The zero-order valence-corrected chi connectivity index (χ0v) is 20.5. The molecule has 2 heterocycles. The van der Waals surface area contributed by atoms with Gasteiger partial charge in [-0.25, -0.2) is 18.3 Å². The number of benzene rings is 2. The van der Waals surface area contributed by atoms with Gasteiger partial charge in [0.15, 0.2) is 0 Å². The van der Waals surface area contributed by atoms with Crippen LogP contribution in [0.25, 0.3) is 16.7 Å². The molecular formula is C26H27FN6O4. The molecule has 0 spiro atoms. The van der Waals surface area contributed by atoms with E-state index in [9.17, 15) is 23.6 Å². The van der Waals surface area contributed by atoms with E-state index in [1.54, 1.807) is 26.0 Å². The Kier molecular flexibility index (Phi) is 6.36. The molecule has 2 aromatic carbocycles. The molecule has 0 aliphatic heterocycles. The lowest BCUT2D eigenvalue weighted by Crippen LogP contribution is -2.33. The van der Waals surface area contributed by atoms with Crippen LogP contribution in [-0.2, 0) is 11.3 Å². The third-order valence-electron chi connectivity index (χ3n) is 6.64. The summed E-state index contributed by atoms with van der Waals surface area (Å²) in [5, 5.41) is 9.97. The Labute approximate surface area is 210 Å². The Bertz CT molecular complexity index is 1640. The second kappa shape index (κ2) is 9.64. The predicted octanol–water partition coefficient (Wildman–Crippen LogP) is 2.84. The maximum Gasteiger partial charge on any atom is 0.352 e. The highest BCUT2D eigenvalue weighted by Gasteiger charge is 2.23. The number of para-hydroxylation sites is 1. The Morgan fingerprint density at radius 1 is 1.11 bits per heavy atom. The van der Waals surface area contributed by atoms with Gasteiger partial charge < -0.3 is 10.6 Å². The summed E-state index contributed by atoms with van der Waals surface area (Å²) in [6.07, 6.45) is 3.97. The molecule has 0 bridgehead atoms. The number of carbonyl (C=O) groups excluding carboxylic acids is 2. The smallest absolute Gasteiger partial charge is 0.349 e. The molecule has 5 rings (SSSR count). The summed E-state index contributed by atoms with van der Waals surface area (Å²) in [4.78, 5) is 52.3. The number of nitrogens with one attached hydrogen (secondary N) is 2. The molecule has 1 saturated carbocycles. The quantitative estimate of drug-likeness (QED) is 0.417. The van der Waals surface area contributed by atoms with Gasteiger partial charge in [-0.1, -0.05) is 25.0 Å². The van der Waals surface area contributed by atoms with Gasteiger partial charge in [-0.3, -0.25) is 19.0 Å². The molecule has 2 N–H and O–H groups in total.